The molecule has 27 heavy (non-hydrogen) atoms. The molecular formula is C19H17ClN4O3. The highest BCUT2D eigenvalue weighted by Crippen LogP contribution is 2.24. The van der Waals surface area contributed by atoms with Crippen LogP contribution >= 0.6 is 11.6 Å². The van der Waals surface area contributed by atoms with E-state index in [2.05, 4.69) is 10.1 Å². The van der Waals surface area contributed by atoms with E-state index in [1.165, 1.54) is 6.07 Å². The Morgan fingerprint density at radius 1 is 1.11 bits per heavy atom. The first-order valence-electron chi connectivity index (χ1n) is 8.09. The van der Waals surface area contributed by atoms with E-state index in [1.54, 1.807) is 36.4 Å². The summed E-state index contributed by atoms with van der Waals surface area (Å²) in [5.74, 6) is 0.754. The number of rotatable bonds is 6. The summed E-state index contributed by atoms with van der Waals surface area (Å²) in [6.45, 7) is 0. The first kappa shape index (κ1) is 18.5. The molecule has 1 aromatic heterocycles. The van der Waals surface area contributed by atoms with Crippen LogP contribution in [0, 0.1) is 0 Å². The maximum absolute atomic E-state index is 12.2. The van der Waals surface area contributed by atoms with Gasteiger partial charge >= 0.3 is 5.97 Å². The molecule has 0 amide bonds. The van der Waals surface area contributed by atoms with Gasteiger partial charge in [0.05, 0.1) is 5.69 Å². The molecule has 1 heterocycles. The van der Waals surface area contributed by atoms with E-state index in [0.29, 0.717) is 23.1 Å². The Balaban J connectivity index is 1.69. The van der Waals surface area contributed by atoms with E-state index >= 15 is 0 Å². The van der Waals surface area contributed by atoms with Crippen LogP contribution in [0.3, 0.4) is 0 Å². The van der Waals surface area contributed by atoms with Gasteiger partial charge in [0, 0.05) is 17.5 Å². The third-order valence-corrected chi connectivity index (χ3v) is 3.84. The predicted octanol–water partition coefficient (Wildman–Crippen LogP) is 3.25. The van der Waals surface area contributed by atoms with Gasteiger partial charge in [-0.2, -0.15) is 0 Å². The van der Waals surface area contributed by atoms with Crippen molar-refractivity contribution in [3.05, 3.63) is 65.9 Å². The molecule has 0 saturated carbocycles. The normalized spacial score (nSPS) is 10.4. The van der Waals surface area contributed by atoms with Crippen LogP contribution in [0.25, 0.3) is 11.3 Å². The molecule has 0 aliphatic carbocycles. The lowest BCUT2D eigenvalue weighted by atomic mass is 10.1. The minimum atomic E-state index is -0.604. The monoisotopic (exact) mass is 384 g/mol. The summed E-state index contributed by atoms with van der Waals surface area (Å²) >= 11 is 5.70. The summed E-state index contributed by atoms with van der Waals surface area (Å²) in [6.07, 6.45) is 0.754. The molecule has 3 aromatic rings. The second-order valence-corrected chi connectivity index (χ2v) is 6.01. The maximum Gasteiger partial charge on any atom is 0.365 e. The number of aromatic nitrogens is 1. The summed E-state index contributed by atoms with van der Waals surface area (Å²) in [7, 11) is 0. The van der Waals surface area contributed by atoms with Gasteiger partial charge in [-0.3, -0.25) is 0 Å². The first-order valence-corrected chi connectivity index (χ1v) is 8.62. The highest BCUT2D eigenvalue weighted by molar-refractivity contribution is 6.17. The van der Waals surface area contributed by atoms with E-state index in [1.807, 2.05) is 12.1 Å². The zero-order valence-corrected chi connectivity index (χ0v) is 15.0. The van der Waals surface area contributed by atoms with E-state index in [-0.39, 0.29) is 11.7 Å². The van der Waals surface area contributed by atoms with Crippen molar-refractivity contribution in [2.24, 2.45) is 16.5 Å². The number of nitrogens with two attached hydrogens (primary N) is 2. The first-order chi connectivity index (χ1) is 13.0. The molecule has 7 nitrogen and oxygen atoms in total. The largest absolute Gasteiger partial charge is 0.422 e. The van der Waals surface area contributed by atoms with Gasteiger partial charge in [0.25, 0.3) is 0 Å². The quantitative estimate of drug-likeness (QED) is 0.221. The van der Waals surface area contributed by atoms with Crippen molar-refractivity contribution in [1.82, 2.24) is 5.16 Å². The molecule has 4 N–H and O–H groups in total. The molecule has 0 radical (unpaired) electrons. The Morgan fingerprint density at radius 2 is 1.81 bits per heavy atom. The van der Waals surface area contributed by atoms with Crippen LogP contribution in [0.1, 0.15) is 16.1 Å². The Hall–Kier alpha value is -3.32. The molecular weight excluding hydrogens is 368 g/mol. The molecule has 2 aromatic carbocycles. The maximum atomic E-state index is 12.2. The van der Waals surface area contributed by atoms with Gasteiger partial charge in [0.15, 0.2) is 17.4 Å². The van der Waals surface area contributed by atoms with Gasteiger partial charge in [-0.05, 0) is 48.4 Å². The number of ether oxygens (including phenoxy) is 1. The molecule has 0 unspecified atom stereocenters. The number of hydrogen-bond donors (Lipinski definition) is 2. The van der Waals surface area contributed by atoms with Gasteiger partial charge in [0.1, 0.15) is 5.75 Å². The van der Waals surface area contributed by atoms with Gasteiger partial charge in [-0.15, -0.1) is 11.6 Å². The van der Waals surface area contributed by atoms with E-state index in [9.17, 15) is 4.79 Å². The van der Waals surface area contributed by atoms with Crippen LogP contribution in [0.2, 0.25) is 0 Å². The summed E-state index contributed by atoms with van der Waals surface area (Å²) in [5.41, 5.74) is 13.1. The average Bonchev–Trinajstić information content (AvgIpc) is 3.14. The lowest BCUT2D eigenvalue weighted by Gasteiger charge is -2.03. The number of alkyl halides is 1. The van der Waals surface area contributed by atoms with Crippen molar-refractivity contribution in [2.75, 3.05) is 5.88 Å². The highest BCUT2D eigenvalue weighted by Gasteiger charge is 2.16. The van der Waals surface area contributed by atoms with E-state index < -0.39 is 5.97 Å². The number of halogens is 1. The number of nitrogens with zero attached hydrogens (tertiary/aromatic N) is 2. The third kappa shape index (κ3) is 4.86. The van der Waals surface area contributed by atoms with Gasteiger partial charge in [-0.1, -0.05) is 17.3 Å². The van der Waals surface area contributed by atoms with Crippen molar-refractivity contribution >= 4 is 29.2 Å². The average molecular weight is 385 g/mol. The zero-order chi connectivity index (χ0) is 19.2. The highest BCUT2D eigenvalue weighted by atomic mass is 35.5. The van der Waals surface area contributed by atoms with Crippen molar-refractivity contribution in [3.8, 4) is 17.1 Å². The van der Waals surface area contributed by atoms with E-state index in [4.69, 9.17) is 32.3 Å². The standard InChI is InChI=1S/C19H17ClN4O3/c20-10-9-12-1-7-15(8-2-12)26-18(25)16-11-17(27-24-16)13-3-5-14(6-4-13)23-19(21)22/h1-8,11H,9-10H2,(H4,21,22,23). The van der Waals surface area contributed by atoms with Crippen LogP contribution in [-0.2, 0) is 6.42 Å². The summed E-state index contributed by atoms with van der Waals surface area (Å²) < 4.78 is 10.5. The smallest absolute Gasteiger partial charge is 0.365 e. The molecule has 138 valence electrons. The van der Waals surface area contributed by atoms with Crippen molar-refractivity contribution in [1.29, 1.82) is 0 Å². The molecule has 8 heteroatoms. The number of aliphatic imine (C=N–C) groups is 1. The van der Waals surface area contributed by atoms with E-state index in [0.717, 1.165) is 17.5 Å². The van der Waals surface area contributed by atoms with Gasteiger partial charge < -0.3 is 20.7 Å². The fraction of sp³-hybridized carbons (Fsp3) is 0.105. The van der Waals surface area contributed by atoms with Gasteiger partial charge in [-0.25, -0.2) is 9.79 Å². The van der Waals surface area contributed by atoms with Crippen LogP contribution in [0.15, 0.2) is 64.1 Å². The van der Waals surface area contributed by atoms with Crippen molar-refractivity contribution in [2.45, 2.75) is 6.42 Å². The molecule has 0 atom stereocenters. The molecule has 3 rings (SSSR count). The number of benzene rings is 2. The lowest BCUT2D eigenvalue weighted by molar-refractivity contribution is 0.0724. The van der Waals surface area contributed by atoms with Crippen LogP contribution in [0.5, 0.6) is 5.75 Å². The Kier molecular flexibility index (Phi) is 5.73. The minimum Gasteiger partial charge on any atom is -0.422 e. The number of hydrogen-bond acceptors (Lipinski definition) is 5. The zero-order valence-electron chi connectivity index (χ0n) is 14.3. The summed E-state index contributed by atoms with van der Waals surface area (Å²) in [5, 5.41) is 3.77. The van der Waals surface area contributed by atoms with Crippen molar-refractivity contribution < 1.29 is 14.1 Å². The molecule has 0 aliphatic heterocycles. The summed E-state index contributed by atoms with van der Waals surface area (Å²) in [4.78, 5) is 16.2. The SMILES string of the molecule is NC(N)=Nc1ccc(-c2cc(C(=O)Oc3ccc(CCCl)cc3)no2)cc1. The lowest BCUT2D eigenvalue weighted by Crippen LogP contribution is -2.21. The fourth-order valence-corrected chi connectivity index (χ4v) is 2.57. The number of guanidine groups is 1. The topological polar surface area (TPSA) is 117 Å². The fourth-order valence-electron chi connectivity index (χ4n) is 2.35. The Bertz CT molecular complexity index is 946. The number of carbonyl (C=O) groups excluding carboxylic acids is 1. The molecule has 0 saturated heterocycles. The van der Waals surface area contributed by atoms with Gasteiger partial charge in [0.2, 0.25) is 0 Å². The minimum absolute atomic E-state index is 0.0249. The molecule has 0 fully saturated rings. The summed E-state index contributed by atoms with van der Waals surface area (Å²) in [6, 6.07) is 15.6. The molecule has 0 bridgehead atoms. The third-order valence-electron chi connectivity index (χ3n) is 3.65. The number of esters is 1. The predicted molar refractivity (Wildman–Crippen MR) is 103 cm³/mol. The Labute approximate surface area is 160 Å². The number of carbonyl (C=O) groups is 1. The van der Waals surface area contributed by atoms with Crippen LogP contribution in [0.4, 0.5) is 5.69 Å². The molecule has 0 aliphatic rings. The second-order valence-electron chi connectivity index (χ2n) is 5.63. The second kappa shape index (κ2) is 8.37. The number of aryl methyl sites for hydroxylation is 1. The van der Waals surface area contributed by atoms with Crippen molar-refractivity contribution in [3.63, 3.8) is 0 Å². The Morgan fingerprint density at radius 3 is 2.44 bits per heavy atom. The van der Waals surface area contributed by atoms with Crippen LogP contribution in [-0.4, -0.2) is 23.0 Å². The van der Waals surface area contributed by atoms with Crippen LogP contribution < -0.4 is 16.2 Å². The molecule has 0 spiro atoms.